The minimum atomic E-state index is -3.12. The lowest BCUT2D eigenvalue weighted by Crippen LogP contribution is -2.39. The SMILES string of the molecule is CCNC(=NCC(CCO)CC(C)C)NCCCNS(C)(=O)=O.I. The van der Waals surface area contributed by atoms with Crippen LogP contribution in [0.15, 0.2) is 4.99 Å². The zero-order valence-electron chi connectivity index (χ0n) is 15.3. The number of aliphatic hydroxyl groups is 1. The van der Waals surface area contributed by atoms with Crippen LogP contribution in [0.2, 0.25) is 0 Å². The summed E-state index contributed by atoms with van der Waals surface area (Å²) in [6, 6.07) is 0. The van der Waals surface area contributed by atoms with Gasteiger partial charge in [-0.05, 0) is 38.0 Å². The van der Waals surface area contributed by atoms with Crippen LogP contribution < -0.4 is 15.4 Å². The fraction of sp³-hybridized carbons (Fsp3) is 0.933. The van der Waals surface area contributed by atoms with Gasteiger partial charge in [0.05, 0.1) is 6.26 Å². The molecule has 0 fully saturated rings. The molecule has 0 aliphatic rings. The van der Waals surface area contributed by atoms with E-state index in [-0.39, 0.29) is 30.6 Å². The molecule has 0 amide bonds. The Morgan fingerprint density at radius 1 is 1.21 bits per heavy atom. The molecule has 146 valence electrons. The van der Waals surface area contributed by atoms with Crippen LogP contribution in [0.25, 0.3) is 0 Å². The molecule has 0 aromatic carbocycles. The lowest BCUT2D eigenvalue weighted by Gasteiger charge is -2.17. The van der Waals surface area contributed by atoms with E-state index in [4.69, 9.17) is 5.11 Å². The first kappa shape index (κ1) is 26.1. The van der Waals surface area contributed by atoms with E-state index < -0.39 is 10.0 Å². The Bertz CT molecular complexity index is 430. The molecule has 0 heterocycles. The molecule has 0 rings (SSSR count). The second kappa shape index (κ2) is 15.2. The topological polar surface area (TPSA) is 103 Å². The van der Waals surface area contributed by atoms with Crippen LogP contribution in [-0.4, -0.2) is 58.5 Å². The molecule has 0 aliphatic carbocycles. The van der Waals surface area contributed by atoms with Gasteiger partial charge in [0.15, 0.2) is 5.96 Å². The van der Waals surface area contributed by atoms with Gasteiger partial charge in [0, 0.05) is 32.8 Å². The molecule has 0 spiro atoms. The van der Waals surface area contributed by atoms with Gasteiger partial charge in [0.25, 0.3) is 0 Å². The third-order valence-electron chi connectivity index (χ3n) is 3.20. The standard InChI is InChI=1S/C15H34N4O3S.HI/c1-5-16-15(17-8-6-9-19-23(4,21)22)18-12-14(7-10-20)11-13(2)3;/h13-14,19-20H,5-12H2,1-4H3,(H2,16,17,18);1H. The molecule has 0 saturated heterocycles. The van der Waals surface area contributed by atoms with Crippen LogP contribution in [-0.2, 0) is 10.0 Å². The summed E-state index contributed by atoms with van der Waals surface area (Å²) in [4.78, 5) is 4.58. The van der Waals surface area contributed by atoms with Crippen molar-refractivity contribution < 1.29 is 13.5 Å². The van der Waals surface area contributed by atoms with Gasteiger partial charge in [-0.1, -0.05) is 13.8 Å². The maximum atomic E-state index is 11.0. The van der Waals surface area contributed by atoms with Crippen LogP contribution in [0, 0.1) is 11.8 Å². The number of aliphatic imine (C=N–C) groups is 1. The number of aliphatic hydroxyl groups excluding tert-OH is 1. The molecule has 1 unspecified atom stereocenters. The first-order valence-corrected chi connectivity index (χ1v) is 10.2. The number of sulfonamides is 1. The number of rotatable bonds is 12. The average Bonchev–Trinajstić information content (AvgIpc) is 2.42. The first-order valence-electron chi connectivity index (χ1n) is 8.36. The smallest absolute Gasteiger partial charge is 0.208 e. The van der Waals surface area contributed by atoms with Crippen LogP contribution in [0.1, 0.15) is 40.0 Å². The number of hydrogen-bond acceptors (Lipinski definition) is 4. The summed E-state index contributed by atoms with van der Waals surface area (Å²) >= 11 is 0. The Morgan fingerprint density at radius 2 is 1.88 bits per heavy atom. The molecule has 9 heteroatoms. The van der Waals surface area contributed by atoms with E-state index in [1.165, 1.54) is 0 Å². The Labute approximate surface area is 164 Å². The molecule has 0 bridgehead atoms. The van der Waals surface area contributed by atoms with E-state index in [0.29, 0.717) is 37.9 Å². The van der Waals surface area contributed by atoms with Crippen molar-refractivity contribution in [2.24, 2.45) is 16.8 Å². The minimum absolute atomic E-state index is 0. The molecule has 1 atom stereocenters. The normalized spacial score (nSPS) is 13.5. The van der Waals surface area contributed by atoms with Gasteiger partial charge in [0.2, 0.25) is 10.0 Å². The lowest BCUT2D eigenvalue weighted by molar-refractivity contribution is 0.245. The molecular weight excluding hydrogens is 443 g/mol. The van der Waals surface area contributed by atoms with Crippen molar-refractivity contribution in [3.63, 3.8) is 0 Å². The molecule has 7 nitrogen and oxygen atoms in total. The number of nitrogens with one attached hydrogen (secondary N) is 3. The van der Waals surface area contributed by atoms with E-state index in [9.17, 15) is 8.42 Å². The minimum Gasteiger partial charge on any atom is -0.396 e. The highest BCUT2D eigenvalue weighted by Crippen LogP contribution is 2.15. The quantitative estimate of drug-likeness (QED) is 0.146. The molecule has 0 saturated carbocycles. The van der Waals surface area contributed by atoms with Crippen molar-refractivity contribution in [1.82, 2.24) is 15.4 Å². The van der Waals surface area contributed by atoms with E-state index in [0.717, 1.165) is 31.6 Å². The van der Waals surface area contributed by atoms with Crippen molar-refractivity contribution in [2.75, 3.05) is 39.0 Å². The average molecular weight is 478 g/mol. The van der Waals surface area contributed by atoms with Crippen molar-refractivity contribution in [3.8, 4) is 0 Å². The largest absolute Gasteiger partial charge is 0.396 e. The van der Waals surface area contributed by atoms with E-state index in [2.05, 4.69) is 34.2 Å². The van der Waals surface area contributed by atoms with Crippen LogP contribution in [0.3, 0.4) is 0 Å². The third kappa shape index (κ3) is 16.7. The molecule has 24 heavy (non-hydrogen) atoms. The summed E-state index contributed by atoms with van der Waals surface area (Å²) in [5.74, 6) is 1.69. The van der Waals surface area contributed by atoms with Crippen LogP contribution in [0.4, 0.5) is 0 Å². The number of nitrogens with zero attached hydrogens (tertiary/aromatic N) is 1. The molecule has 0 radical (unpaired) electrons. The van der Waals surface area contributed by atoms with Gasteiger partial charge >= 0.3 is 0 Å². The van der Waals surface area contributed by atoms with Crippen LogP contribution in [0.5, 0.6) is 0 Å². The predicted molar refractivity (Wildman–Crippen MR) is 112 cm³/mol. The number of hydrogen-bond donors (Lipinski definition) is 4. The molecule has 4 N–H and O–H groups in total. The zero-order valence-corrected chi connectivity index (χ0v) is 18.5. The summed E-state index contributed by atoms with van der Waals surface area (Å²) in [5.41, 5.74) is 0. The second-order valence-corrected chi connectivity index (χ2v) is 8.01. The van der Waals surface area contributed by atoms with E-state index >= 15 is 0 Å². The van der Waals surface area contributed by atoms with Crippen molar-refractivity contribution in [1.29, 1.82) is 0 Å². The van der Waals surface area contributed by atoms with Crippen molar-refractivity contribution in [2.45, 2.75) is 40.0 Å². The molecule has 0 aromatic rings. The highest BCUT2D eigenvalue weighted by molar-refractivity contribution is 14.0. The van der Waals surface area contributed by atoms with Gasteiger partial charge in [0.1, 0.15) is 0 Å². The summed E-state index contributed by atoms with van der Waals surface area (Å²) in [5, 5.41) is 15.5. The molecule has 0 aromatic heterocycles. The van der Waals surface area contributed by atoms with Crippen LogP contribution >= 0.6 is 24.0 Å². The fourth-order valence-corrected chi connectivity index (χ4v) is 2.76. The van der Waals surface area contributed by atoms with Gasteiger partial charge in [-0.3, -0.25) is 4.99 Å². The Morgan fingerprint density at radius 3 is 2.38 bits per heavy atom. The second-order valence-electron chi connectivity index (χ2n) is 6.17. The molecular formula is C15H35IN4O3S. The number of guanidine groups is 1. The van der Waals surface area contributed by atoms with E-state index in [1.807, 2.05) is 6.92 Å². The van der Waals surface area contributed by atoms with E-state index in [1.54, 1.807) is 0 Å². The van der Waals surface area contributed by atoms with Gasteiger partial charge < -0.3 is 15.7 Å². The van der Waals surface area contributed by atoms with Crippen molar-refractivity contribution in [3.05, 3.63) is 0 Å². The number of halogens is 1. The summed E-state index contributed by atoms with van der Waals surface area (Å²) in [6.45, 7) is 9.03. The summed E-state index contributed by atoms with van der Waals surface area (Å²) in [6.07, 6.45) is 3.65. The van der Waals surface area contributed by atoms with Gasteiger partial charge in [-0.15, -0.1) is 24.0 Å². The summed E-state index contributed by atoms with van der Waals surface area (Å²) < 4.78 is 24.4. The predicted octanol–water partition coefficient (Wildman–Crippen LogP) is 1.14. The monoisotopic (exact) mass is 478 g/mol. The highest BCUT2D eigenvalue weighted by Gasteiger charge is 2.10. The highest BCUT2D eigenvalue weighted by atomic mass is 127. The van der Waals surface area contributed by atoms with Crippen molar-refractivity contribution >= 4 is 40.0 Å². The van der Waals surface area contributed by atoms with Gasteiger partial charge in [-0.25, -0.2) is 13.1 Å². The fourth-order valence-electron chi connectivity index (χ4n) is 2.25. The Kier molecular flexibility index (Phi) is 16.5. The first-order chi connectivity index (χ1) is 10.8. The Hall–Kier alpha value is -0.130. The lowest BCUT2D eigenvalue weighted by atomic mass is 9.94. The third-order valence-corrected chi connectivity index (χ3v) is 3.93. The maximum Gasteiger partial charge on any atom is 0.208 e. The zero-order chi connectivity index (χ0) is 17.7. The van der Waals surface area contributed by atoms with Gasteiger partial charge in [-0.2, -0.15) is 0 Å². The summed E-state index contributed by atoms with van der Waals surface area (Å²) in [7, 11) is -3.12. The molecule has 0 aliphatic heterocycles. The maximum absolute atomic E-state index is 11.0. The Balaban J connectivity index is 0.